The summed E-state index contributed by atoms with van der Waals surface area (Å²) in [6.45, 7) is 2.58. The Balaban J connectivity index is 2.15. The molecule has 3 heteroatoms. The van der Waals surface area contributed by atoms with Crippen LogP contribution in [0.5, 0.6) is 0 Å². The zero-order valence-electron chi connectivity index (χ0n) is 9.53. The van der Waals surface area contributed by atoms with Crippen LogP contribution in [0.4, 0.5) is 4.39 Å². The van der Waals surface area contributed by atoms with Crippen LogP contribution in [0.1, 0.15) is 31.4 Å². The van der Waals surface area contributed by atoms with Gasteiger partial charge in [-0.1, -0.05) is 18.2 Å². The van der Waals surface area contributed by atoms with E-state index < -0.39 is 0 Å². The second-order valence-corrected chi connectivity index (χ2v) is 4.30. The highest BCUT2D eigenvalue weighted by Gasteiger charge is 2.37. The normalized spacial score (nSPS) is 19.4. The summed E-state index contributed by atoms with van der Waals surface area (Å²) in [5.41, 5.74) is 6.66. The van der Waals surface area contributed by atoms with E-state index in [-0.39, 0.29) is 18.0 Å². The predicted octanol–water partition coefficient (Wildman–Crippen LogP) is 2.64. The summed E-state index contributed by atoms with van der Waals surface area (Å²) in [7, 11) is 0. The molecule has 2 rings (SSSR count). The molecule has 0 radical (unpaired) electrons. The molecule has 0 saturated heterocycles. The monoisotopic (exact) mass is 223 g/mol. The molecule has 1 aromatic carbocycles. The van der Waals surface area contributed by atoms with Gasteiger partial charge in [0.15, 0.2) is 0 Å². The minimum absolute atomic E-state index is 0.0399. The molecule has 1 aliphatic carbocycles. The molecule has 2 N–H and O–H groups in total. The van der Waals surface area contributed by atoms with Crippen molar-refractivity contribution in [1.29, 1.82) is 0 Å². The Morgan fingerprint density at radius 3 is 2.69 bits per heavy atom. The molecule has 1 saturated carbocycles. The van der Waals surface area contributed by atoms with Crippen molar-refractivity contribution in [2.75, 3.05) is 6.61 Å². The third-order valence-electron chi connectivity index (χ3n) is 3.06. The van der Waals surface area contributed by atoms with E-state index in [0.717, 1.165) is 12.8 Å². The first kappa shape index (κ1) is 11.6. The maximum Gasteiger partial charge on any atom is 0.128 e. The number of rotatable bonds is 5. The third-order valence-corrected chi connectivity index (χ3v) is 3.06. The van der Waals surface area contributed by atoms with Crippen LogP contribution >= 0.6 is 0 Å². The summed E-state index contributed by atoms with van der Waals surface area (Å²) < 4.78 is 19.2. The van der Waals surface area contributed by atoms with Crippen molar-refractivity contribution >= 4 is 0 Å². The number of nitrogens with two attached hydrogens (primary N) is 1. The highest BCUT2D eigenvalue weighted by molar-refractivity contribution is 5.22. The lowest BCUT2D eigenvalue weighted by Gasteiger charge is -2.24. The summed E-state index contributed by atoms with van der Waals surface area (Å²) in [6, 6.07) is 6.33. The molecular weight excluding hydrogens is 205 g/mol. The summed E-state index contributed by atoms with van der Waals surface area (Å²) in [6.07, 6.45) is 2.25. The molecule has 0 bridgehead atoms. The van der Waals surface area contributed by atoms with Crippen molar-refractivity contribution in [2.24, 2.45) is 11.7 Å². The fourth-order valence-corrected chi connectivity index (χ4v) is 2.07. The second kappa shape index (κ2) is 4.93. The first-order chi connectivity index (χ1) is 7.74. The van der Waals surface area contributed by atoms with E-state index >= 15 is 0 Å². The van der Waals surface area contributed by atoms with Crippen LogP contribution in [0.2, 0.25) is 0 Å². The summed E-state index contributed by atoms with van der Waals surface area (Å²) in [5, 5.41) is 0. The van der Waals surface area contributed by atoms with Crippen molar-refractivity contribution in [3.05, 3.63) is 35.6 Å². The van der Waals surface area contributed by atoms with E-state index in [1.165, 1.54) is 6.07 Å². The van der Waals surface area contributed by atoms with Gasteiger partial charge in [0, 0.05) is 12.2 Å². The minimum atomic E-state index is -0.353. The Morgan fingerprint density at radius 1 is 1.44 bits per heavy atom. The Bertz CT molecular complexity index is 352. The zero-order chi connectivity index (χ0) is 11.5. The van der Waals surface area contributed by atoms with Gasteiger partial charge in [-0.15, -0.1) is 0 Å². The second-order valence-electron chi connectivity index (χ2n) is 4.30. The predicted molar refractivity (Wildman–Crippen MR) is 61.5 cm³/mol. The smallest absolute Gasteiger partial charge is 0.128 e. The first-order valence-electron chi connectivity index (χ1n) is 5.85. The van der Waals surface area contributed by atoms with Crippen molar-refractivity contribution < 1.29 is 9.13 Å². The highest BCUT2D eigenvalue weighted by Crippen LogP contribution is 2.39. The average molecular weight is 223 g/mol. The highest BCUT2D eigenvalue weighted by atomic mass is 19.1. The van der Waals surface area contributed by atoms with Gasteiger partial charge in [0.1, 0.15) is 5.82 Å². The molecule has 88 valence electrons. The lowest BCUT2D eigenvalue weighted by atomic mass is 9.98. The van der Waals surface area contributed by atoms with Crippen LogP contribution in [-0.2, 0) is 4.74 Å². The summed E-state index contributed by atoms with van der Waals surface area (Å²) in [5.74, 6) is 0.273. The largest absolute Gasteiger partial charge is 0.376 e. The van der Waals surface area contributed by atoms with Crippen LogP contribution in [-0.4, -0.2) is 12.7 Å². The summed E-state index contributed by atoms with van der Waals surface area (Å²) in [4.78, 5) is 0. The number of halogens is 1. The van der Waals surface area contributed by atoms with Gasteiger partial charge in [-0.25, -0.2) is 4.39 Å². The Hall–Kier alpha value is -0.930. The lowest BCUT2D eigenvalue weighted by molar-refractivity contribution is 0.0275. The molecule has 2 atom stereocenters. The number of hydrogen-bond donors (Lipinski definition) is 1. The molecule has 16 heavy (non-hydrogen) atoms. The molecule has 0 heterocycles. The maximum atomic E-state index is 13.6. The van der Waals surface area contributed by atoms with Gasteiger partial charge in [0.2, 0.25) is 0 Å². The molecule has 0 aromatic heterocycles. The fourth-order valence-electron chi connectivity index (χ4n) is 2.07. The van der Waals surface area contributed by atoms with Crippen LogP contribution in [0, 0.1) is 11.7 Å². The molecule has 1 aliphatic rings. The lowest BCUT2D eigenvalue weighted by Crippen LogP contribution is -2.31. The fraction of sp³-hybridized carbons (Fsp3) is 0.538. The first-order valence-corrected chi connectivity index (χ1v) is 5.85. The van der Waals surface area contributed by atoms with Crippen molar-refractivity contribution in [3.8, 4) is 0 Å². The molecule has 2 unspecified atom stereocenters. The van der Waals surface area contributed by atoms with Crippen LogP contribution in [0.15, 0.2) is 24.3 Å². The zero-order valence-corrected chi connectivity index (χ0v) is 9.53. The third kappa shape index (κ3) is 2.42. The summed E-state index contributed by atoms with van der Waals surface area (Å²) >= 11 is 0. The number of hydrogen-bond acceptors (Lipinski definition) is 2. The van der Waals surface area contributed by atoms with Crippen molar-refractivity contribution in [1.82, 2.24) is 0 Å². The maximum absolute atomic E-state index is 13.6. The van der Waals surface area contributed by atoms with E-state index in [9.17, 15) is 4.39 Å². The Labute approximate surface area is 95.6 Å². The van der Waals surface area contributed by atoms with Gasteiger partial charge >= 0.3 is 0 Å². The van der Waals surface area contributed by atoms with E-state index in [4.69, 9.17) is 10.5 Å². The molecule has 1 aromatic rings. The van der Waals surface area contributed by atoms with Crippen molar-refractivity contribution in [3.63, 3.8) is 0 Å². The molecule has 0 aliphatic heterocycles. The molecule has 2 nitrogen and oxygen atoms in total. The quantitative estimate of drug-likeness (QED) is 0.832. The Kier molecular flexibility index (Phi) is 3.56. The van der Waals surface area contributed by atoms with Gasteiger partial charge in [0.25, 0.3) is 0 Å². The molecule has 1 fully saturated rings. The average Bonchev–Trinajstić information content (AvgIpc) is 3.09. The standard InChI is InChI=1S/C13H18FNO/c1-2-16-13(9-7-8-9)12(15)10-5-3-4-6-11(10)14/h3-6,9,12-13H,2,7-8,15H2,1H3. The van der Waals surface area contributed by atoms with Gasteiger partial charge in [0.05, 0.1) is 12.1 Å². The van der Waals surface area contributed by atoms with Crippen molar-refractivity contribution in [2.45, 2.75) is 31.9 Å². The molecule has 0 amide bonds. The van der Waals surface area contributed by atoms with Gasteiger partial charge < -0.3 is 10.5 Å². The topological polar surface area (TPSA) is 35.2 Å². The van der Waals surface area contributed by atoms with Crippen LogP contribution < -0.4 is 5.73 Å². The van der Waals surface area contributed by atoms with Crippen LogP contribution in [0.25, 0.3) is 0 Å². The Morgan fingerprint density at radius 2 is 2.12 bits per heavy atom. The SMILES string of the molecule is CCOC(C1CC1)C(N)c1ccccc1F. The number of benzene rings is 1. The van der Waals surface area contributed by atoms with Crippen LogP contribution in [0.3, 0.4) is 0 Å². The molecular formula is C13H18FNO. The minimum Gasteiger partial charge on any atom is -0.376 e. The van der Waals surface area contributed by atoms with Gasteiger partial charge in [-0.2, -0.15) is 0 Å². The van der Waals surface area contributed by atoms with Gasteiger partial charge in [-0.05, 0) is 31.7 Å². The molecule has 0 spiro atoms. The van der Waals surface area contributed by atoms with E-state index in [1.807, 2.05) is 13.0 Å². The number of ether oxygens (including phenoxy) is 1. The van der Waals surface area contributed by atoms with E-state index in [1.54, 1.807) is 12.1 Å². The van der Waals surface area contributed by atoms with Gasteiger partial charge in [-0.3, -0.25) is 0 Å². The van der Waals surface area contributed by atoms with E-state index in [0.29, 0.717) is 18.1 Å². The van der Waals surface area contributed by atoms with E-state index in [2.05, 4.69) is 0 Å².